The van der Waals surface area contributed by atoms with Crippen molar-refractivity contribution < 1.29 is 8.83 Å². The van der Waals surface area contributed by atoms with Crippen molar-refractivity contribution in [3.8, 4) is 22.5 Å². The summed E-state index contributed by atoms with van der Waals surface area (Å²) in [4.78, 5) is 0. The van der Waals surface area contributed by atoms with E-state index < -0.39 is 5.41 Å². The van der Waals surface area contributed by atoms with Gasteiger partial charge in [-0.3, -0.25) is 0 Å². The first-order valence-corrected chi connectivity index (χ1v) is 22.3. The average Bonchev–Trinajstić information content (AvgIpc) is 4.17. The molecule has 0 fully saturated rings. The number of rotatable bonds is 4. The van der Waals surface area contributed by atoms with Gasteiger partial charge < -0.3 is 18.0 Å². The molecule has 1 aliphatic rings. The summed E-state index contributed by atoms with van der Waals surface area (Å²) < 4.78 is 18.9. The van der Waals surface area contributed by atoms with Crippen LogP contribution < -0.4 is 0 Å². The lowest BCUT2D eigenvalue weighted by Gasteiger charge is -2.34. The van der Waals surface area contributed by atoms with Gasteiger partial charge in [0.25, 0.3) is 0 Å². The molecule has 302 valence electrons. The van der Waals surface area contributed by atoms with Gasteiger partial charge in [-0.15, -0.1) is 0 Å². The van der Waals surface area contributed by atoms with Crippen molar-refractivity contribution in [1.29, 1.82) is 0 Å². The fourth-order valence-electron chi connectivity index (χ4n) is 11.8. The molecule has 4 aromatic heterocycles. The predicted molar refractivity (Wildman–Crippen MR) is 267 cm³/mol. The van der Waals surface area contributed by atoms with E-state index in [-0.39, 0.29) is 0 Å². The number of nitrogens with zero attached hydrogens (tertiary/aromatic N) is 2. The van der Waals surface area contributed by atoms with Crippen molar-refractivity contribution in [2.24, 2.45) is 0 Å². The summed E-state index contributed by atoms with van der Waals surface area (Å²) in [6.07, 6.45) is 0. The van der Waals surface area contributed by atoms with Gasteiger partial charge in [0.05, 0.1) is 27.5 Å². The molecule has 65 heavy (non-hydrogen) atoms. The molecule has 4 heteroatoms. The topological polar surface area (TPSA) is 36.1 Å². The molecule has 4 nitrogen and oxygen atoms in total. The van der Waals surface area contributed by atoms with Gasteiger partial charge in [-0.05, 0) is 82.9 Å². The number of para-hydroxylation sites is 7. The van der Waals surface area contributed by atoms with E-state index >= 15 is 0 Å². The number of hydrogen-bond acceptors (Lipinski definition) is 2. The normalized spacial score (nSPS) is 13.4. The molecule has 0 amide bonds. The highest BCUT2D eigenvalue weighted by atomic mass is 16.3. The smallest absolute Gasteiger partial charge is 0.140 e. The molecule has 0 aliphatic heterocycles. The molecule has 0 unspecified atom stereocenters. The lowest BCUT2D eigenvalue weighted by Crippen LogP contribution is -2.29. The highest BCUT2D eigenvalue weighted by Gasteiger charge is 2.49. The molecular weight excluding hydrogens is 793 g/mol. The number of aromatic nitrogens is 2. The van der Waals surface area contributed by atoms with Crippen molar-refractivity contribution in [2.75, 3.05) is 0 Å². The van der Waals surface area contributed by atoms with Crippen LogP contribution in [0.15, 0.2) is 227 Å². The van der Waals surface area contributed by atoms with E-state index in [1.807, 2.05) is 0 Å². The van der Waals surface area contributed by atoms with Crippen LogP contribution in [0, 0.1) is 0 Å². The number of fused-ring (bicyclic) bond motifs is 15. The second kappa shape index (κ2) is 12.7. The number of benzene rings is 10. The molecule has 14 aromatic rings. The molecule has 1 aliphatic carbocycles. The minimum atomic E-state index is -0.828. The summed E-state index contributed by atoms with van der Waals surface area (Å²) in [7, 11) is 0. The molecule has 0 saturated heterocycles. The van der Waals surface area contributed by atoms with E-state index in [1.54, 1.807) is 0 Å². The Bertz CT molecular complexity index is 4160. The van der Waals surface area contributed by atoms with Crippen molar-refractivity contribution >= 4 is 87.5 Å². The molecule has 15 rings (SSSR count). The van der Waals surface area contributed by atoms with Crippen molar-refractivity contribution in [1.82, 2.24) is 9.13 Å². The number of hydrogen-bond donors (Lipinski definition) is 0. The Balaban J connectivity index is 1.05. The molecule has 0 spiro atoms. The van der Waals surface area contributed by atoms with Crippen LogP contribution in [-0.2, 0) is 5.41 Å². The highest BCUT2D eigenvalue weighted by Crippen LogP contribution is 2.60. The number of furan rings is 2. The van der Waals surface area contributed by atoms with Crippen LogP contribution in [-0.4, -0.2) is 9.13 Å². The first-order chi connectivity index (χ1) is 32.3. The standard InChI is InChI=1S/C61H36N2O2/c1-7-23-49-39(15-1)40-33-31-38(63-55-28-10-4-18-43(55)48-35-37(32-34-56(48)63)62-53-26-8-2-16-41(53)42-17-3-9-27-54(42)62)36-52(40)61(49,50-24-13-21-46-44-19-5-11-29-57(44)64-59(46)50)51-25-14-22-47-45-20-6-12-30-58(45)65-60(47)51/h1-36H. The molecule has 4 heterocycles. The maximum absolute atomic E-state index is 7.02. The Morgan fingerprint density at radius 1 is 0.277 bits per heavy atom. The third-order valence-corrected chi connectivity index (χ3v) is 14.4. The SMILES string of the molecule is c1ccc2c(c1)-c1ccc(-n3c4ccccc4c4cc(-n5c6ccccc6c6ccccc65)ccc43)cc1C2(c1cccc2c1oc1ccccc12)c1cccc2c1oc1ccccc12. The lowest BCUT2D eigenvalue weighted by molar-refractivity contribution is 0.634. The van der Waals surface area contributed by atoms with E-state index in [0.29, 0.717) is 0 Å². The van der Waals surface area contributed by atoms with Crippen LogP contribution >= 0.6 is 0 Å². The monoisotopic (exact) mass is 828 g/mol. The Morgan fingerprint density at radius 2 is 0.692 bits per heavy atom. The average molecular weight is 829 g/mol. The summed E-state index contributed by atoms with van der Waals surface area (Å²) in [5.41, 5.74) is 16.6. The van der Waals surface area contributed by atoms with E-state index in [9.17, 15) is 0 Å². The van der Waals surface area contributed by atoms with Gasteiger partial charge >= 0.3 is 0 Å². The lowest BCUT2D eigenvalue weighted by atomic mass is 9.67. The van der Waals surface area contributed by atoms with Gasteiger partial charge in [-0.2, -0.15) is 0 Å². The zero-order chi connectivity index (χ0) is 42.4. The Labute approximate surface area is 372 Å². The third kappa shape index (κ3) is 4.50. The van der Waals surface area contributed by atoms with Gasteiger partial charge in [0.1, 0.15) is 22.3 Å². The van der Waals surface area contributed by atoms with Gasteiger partial charge in [0.2, 0.25) is 0 Å². The van der Waals surface area contributed by atoms with Gasteiger partial charge in [-0.1, -0.05) is 158 Å². The second-order valence-electron chi connectivity index (χ2n) is 17.5. The van der Waals surface area contributed by atoms with Crippen molar-refractivity contribution in [3.63, 3.8) is 0 Å². The largest absolute Gasteiger partial charge is 0.456 e. The van der Waals surface area contributed by atoms with Crippen LogP contribution in [0.3, 0.4) is 0 Å². The first kappa shape index (κ1) is 34.9. The Morgan fingerprint density at radius 3 is 1.29 bits per heavy atom. The maximum atomic E-state index is 7.02. The summed E-state index contributed by atoms with van der Waals surface area (Å²) in [5, 5.41) is 9.32. The fraction of sp³-hybridized carbons (Fsp3) is 0.0164. The third-order valence-electron chi connectivity index (χ3n) is 14.4. The summed E-state index contributed by atoms with van der Waals surface area (Å²) in [5.74, 6) is 0. The van der Waals surface area contributed by atoms with Gasteiger partial charge in [0.15, 0.2) is 0 Å². The van der Waals surface area contributed by atoms with Crippen LogP contribution in [0.25, 0.3) is 110 Å². The van der Waals surface area contributed by atoms with Crippen LogP contribution in [0.4, 0.5) is 0 Å². The molecular formula is C61H36N2O2. The van der Waals surface area contributed by atoms with Gasteiger partial charge in [0, 0.05) is 65.6 Å². The van der Waals surface area contributed by atoms with E-state index in [4.69, 9.17) is 8.83 Å². The van der Waals surface area contributed by atoms with Crippen LogP contribution in [0.5, 0.6) is 0 Å². The minimum Gasteiger partial charge on any atom is -0.456 e. The van der Waals surface area contributed by atoms with Gasteiger partial charge in [-0.25, -0.2) is 0 Å². The molecule has 0 N–H and O–H groups in total. The second-order valence-corrected chi connectivity index (χ2v) is 17.5. The van der Waals surface area contributed by atoms with E-state index in [0.717, 1.165) is 77.4 Å². The summed E-state index contributed by atoms with van der Waals surface area (Å²) in [6.45, 7) is 0. The summed E-state index contributed by atoms with van der Waals surface area (Å²) >= 11 is 0. The maximum Gasteiger partial charge on any atom is 0.140 e. The quantitative estimate of drug-likeness (QED) is 0.177. The molecule has 0 bridgehead atoms. The Hall–Kier alpha value is -8.60. The molecule has 0 atom stereocenters. The minimum absolute atomic E-state index is 0.828. The predicted octanol–water partition coefficient (Wildman–Crippen LogP) is 16.0. The van der Waals surface area contributed by atoms with E-state index in [1.165, 1.54) is 54.8 Å². The first-order valence-electron chi connectivity index (χ1n) is 22.3. The fourth-order valence-corrected chi connectivity index (χ4v) is 11.8. The zero-order valence-electron chi connectivity index (χ0n) is 35.0. The van der Waals surface area contributed by atoms with Crippen molar-refractivity contribution in [3.05, 3.63) is 241 Å². The van der Waals surface area contributed by atoms with Crippen molar-refractivity contribution in [2.45, 2.75) is 5.41 Å². The zero-order valence-corrected chi connectivity index (χ0v) is 35.0. The van der Waals surface area contributed by atoms with Crippen LogP contribution in [0.1, 0.15) is 22.3 Å². The van der Waals surface area contributed by atoms with E-state index in [2.05, 4.69) is 228 Å². The molecule has 0 radical (unpaired) electrons. The highest BCUT2D eigenvalue weighted by molar-refractivity contribution is 6.13. The molecule has 0 saturated carbocycles. The summed E-state index contributed by atoms with van der Waals surface area (Å²) in [6, 6.07) is 79.5. The van der Waals surface area contributed by atoms with Crippen LogP contribution in [0.2, 0.25) is 0 Å². The molecule has 10 aromatic carbocycles. The Kier molecular flexibility index (Phi) is 6.85.